The number of halogens is 1. The average Bonchev–Trinajstić information content (AvgIpc) is 2.77. The van der Waals surface area contributed by atoms with Crippen molar-refractivity contribution in [1.82, 2.24) is 5.32 Å². The Balaban J connectivity index is 2.36. The summed E-state index contributed by atoms with van der Waals surface area (Å²) in [4.78, 5) is 11.5. The van der Waals surface area contributed by atoms with Gasteiger partial charge in [0.1, 0.15) is 10.7 Å². The number of benzene rings is 1. The third kappa shape index (κ3) is 3.39. The highest BCUT2D eigenvalue weighted by atomic mass is 32.2. The zero-order valence-electron chi connectivity index (χ0n) is 11.8. The highest BCUT2D eigenvalue weighted by Crippen LogP contribution is 2.22. The normalized spacial score (nSPS) is 22.3. The molecule has 0 aliphatic carbocycles. The zero-order valence-corrected chi connectivity index (χ0v) is 12.6. The minimum atomic E-state index is -4.23. The first-order valence-electron chi connectivity index (χ1n) is 6.36. The van der Waals surface area contributed by atoms with E-state index in [0.717, 1.165) is 6.07 Å². The van der Waals surface area contributed by atoms with Crippen LogP contribution in [0.15, 0.2) is 17.0 Å². The highest BCUT2D eigenvalue weighted by molar-refractivity contribution is 7.89. The topological polar surface area (TPSA) is 98.5 Å². The van der Waals surface area contributed by atoms with Crippen molar-refractivity contribution < 1.29 is 22.3 Å². The van der Waals surface area contributed by atoms with E-state index in [2.05, 4.69) is 5.32 Å². The summed E-state index contributed by atoms with van der Waals surface area (Å²) >= 11 is 0. The maximum atomic E-state index is 13.8. The molecule has 21 heavy (non-hydrogen) atoms. The number of primary sulfonamides is 1. The smallest absolute Gasteiger partial charge is 0.251 e. The van der Waals surface area contributed by atoms with Crippen LogP contribution in [0.25, 0.3) is 0 Å². The Morgan fingerprint density at radius 2 is 2.14 bits per heavy atom. The molecule has 0 bridgehead atoms. The molecule has 1 aromatic carbocycles. The molecule has 1 unspecified atom stereocenters. The number of nitrogens with one attached hydrogen (secondary N) is 1. The average molecular weight is 316 g/mol. The maximum Gasteiger partial charge on any atom is 0.251 e. The van der Waals surface area contributed by atoms with E-state index in [0.29, 0.717) is 19.6 Å². The summed E-state index contributed by atoms with van der Waals surface area (Å²) < 4.78 is 41.8. The van der Waals surface area contributed by atoms with E-state index in [4.69, 9.17) is 9.88 Å². The lowest BCUT2D eigenvalue weighted by Gasteiger charge is -2.23. The van der Waals surface area contributed by atoms with Gasteiger partial charge in [0.05, 0.1) is 12.1 Å². The number of nitrogens with two attached hydrogens (primary N) is 1. The second kappa shape index (κ2) is 5.36. The van der Waals surface area contributed by atoms with Crippen molar-refractivity contribution in [3.05, 3.63) is 29.1 Å². The summed E-state index contributed by atoms with van der Waals surface area (Å²) in [6, 6.07) is 2.24. The second-order valence-electron chi connectivity index (χ2n) is 5.47. The Hall–Kier alpha value is -1.51. The minimum absolute atomic E-state index is 0.0412. The molecule has 0 aromatic heterocycles. The fraction of sp³-hybridized carbons (Fsp3) is 0.462. The fourth-order valence-electron chi connectivity index (χ4n) is 2.19. The monoisotopic (exact) mass is 316 g/mol. The molecule has 8 heteroatoms. The van der Waals surface area contributed by atoms with Crippen molar-refractivity contribution in [3.63, 3.8) is 0 Å². The van der Waals surface area contributed by atoms with Crippen LogP contribution in [0, 0.1) is 12.7 Å². The number of sulfonamides is 1. The lowest BCUT2D eigenvalue weighted by molar-refractivity contribution is 0.0889. The first-order valence-corrected chi connectivity index (χ1v) is 7.90. The van der Waals surface area contributed by atoms with Gasteiger partial charge in [0.2, 0.25) is 10.0 Å². The summed E-state index contributed by atoms with van der Waals surface area (Å²) in [5.41, 5.74) is -0.424. The van der Waals surface area contributed by atoms with Crippen LogP contribution in [-0.2, 0) is 14.8 Å². The van der Waals surface area contributed by atoms with Gasteiger partial charge in [-0.05, 0) is 38.0 Å². The summed E-state index contributed by atoms with van der Waals surface area (Å²) in [5, 5.41) is 7.74. The van der Waals surface area contributed by atoms with Crippen LogP contribution in [-0.4, -0.2) is 33.1 Å². The van der Waals surface area contributed by atoms with Gasteiger partial charge in [-0.2, -0.15) is 0 Å². The van der Waals surface area contributed by atoms with Gasteiger partial charge in [0.15, 0.2) is 0 Å². The van der Waals surface area contributed by atoms with Crippen molar-refractivity contribution in [2.75, 3.05) is 13.2 Å². The van der Waals surface area contributed by atoms with Crippen molar-refractivity contribution in [1.29, 1.82) is 0 Å². The van der Waals surface area contributed by atoms with E-state index >= 15 is 0 Å². The molecular weight excluding hydrogens is 299 g/mol. The van der Waals surface area contributed by atoms with E-state index in [1.54, 1.807) is 0 Å². The fourth-order valence-corrected chi connectivity index (χ4v) is 2.89. The largest absolute Gasteiger partial charge is 0.379 e. The molecule has 1 amide bonds. The summed E-state index contributed by atoms with van der Waals surface area (Å²) in [5.74, 6) is -1.43. The van der Waals surface area contributed by atoms with Gasteiger partial charge in [-0.15, -0.1) is 0 Å². The molecule has 3 N–H and O–H groups in total. The Bertz CT molecular complexity index is 682. The molecule has 1 atom stereocenters. The molecule has 0 spiro atoms. The molecule has 116 valence electrons. The molecule has 1 aliphatic heterocycles. The summed E-state index contributed by atoms with van der Waals surface area (Å²) in [6.45, 7) is 4.12. The first kappa shape index (κ1) is 15.9. The SMILES string of the molecule is Cc1cc(C(=O)NC2(C)CCOC2)cc(S(N)(=O)=O)c1F. The number of amides is 1. The van der Waals surface area contributed by atoms with Crippen molar-refractivity contribution >= 4 is 15.9 Å². The van der Waals surface area contributed by atoms with Crippen LogP contribution in [0.2, 0.25) is 0 Å². The van der Waals surface area contributed by atoms with Gasteiger partial charge >= 0.3 is 0 Å². The molecule has 1 aromatic rings. The number of aryl methyl sites for hydroxylation is 1. The third-order valence-corrected chi connectivity index (χ3v) is 4.33. The van der Waals surface area contributed by atoms with Crippen molar-refractivity contribution in [2.45, 2.75) is 30.7 Å². The summed E-state index contributed by atoms with van der Waals surface area (Å²) in [6.07, 6.45) is 0.654. The van der Waals surface area contributed by atoms with Gasteiger partial charge in [0.25, 0.3) is 5.91 Å². The predicted octanol–water partition coefficient (Wildman–Crippen LogP) is 0.690. The molecule has 1 aliphatic rings. The van der Waals surface area contributed by atoms with E-state index in [1.165, 1.54) is 13.0 Å². The summed E-state index contributed by atoms with van der Waals surface area (Å²) in [7, 11) is -4.23. The number of hydrogen-bond acceptors (Lipinski definition) is 4. The number of carbonyl (C=O) groups excluding carboxylic acids is 1. The quantitative estimate of drug-likeness (QED) is 0.857. The van der Waals surface area contributed by atoms with E-state index < -0.39 is 32.2 Å². The molecule has 6 nitrogen and oxygen atoms in total. The van der Waals surface area contributed by atoms with Gasteiger partial charge in [-0.1, -0.05) is 0 Å². The molecule has 1 saturated heterocycles. The Morgan fingerprint density at radius 1 is 1.48 bits per heavy atom. The molecule has 1 fully saturated rings. The van der Waals surface area contributed by atoms with Gasteiger partial charge < -0.3 is 10.1 Å². The van der Waals surface area contributed by atoms with Crippen LogP contribution in [0.3, 0.4) is 0 Å². The molecule has 0 saturated carbocycles. The zero-order chi connectivity index (χ0) is 15.8. The Labute approximate surface area is 122 Å². The molecular formula is C13H17FN2O4S. The van der Waals surface area contributed by atoms with E-state index in [1.807, 2.05) is 6.92 Å². The number of rotatable bonds is 3. The lowest BCUT2D eigenvalue weighted by atomic mass is 10.0. The van der Waals surface area contributed by atoms with E-state index in [9.17, 15) is 17.6 Å². The Kier molecular flexibility index (Phi) is 4.05. The lowest BCUT2D eigenvalue weighted by Crippen LogP contribution is -2.46. The molecule has 0 radical (unpaired) electrons. The van der Waals surface area contributed by atoms with Crippen molar-refractivity contribution in [3.8, 4) is 0 Å². The van der Waals surface area contributed by atoms with E-state index in [-0.39, 0.29) is 11.1 Å². The third-order valence-electron chi connectivity index (χ3n) is 3.42. The first-order chi connectivity index (χ1) is 9.62. The standard InChI is InChI=1S/C13H17FN2O4S/c1-8-5-9(6-10(11(8)14)21(15,18)19)12(17)16-13(2)3-4-20-7-13/h5-6H,3-4,7H2,1-2H3,(H,16,17)(H2,15,18,19). The number of hydrogen-bond donors (Lipinski definition) is 2. The second-order valence-corrected chi connectivity index (χ2v) is 7.00. The highest BCUT2D eigenvalue weighted by Gasteiger charge is 2.32. The number of ether oxygens (including phenoxy) is 1. The van der Waals surface area contributed by atoms with Crippen LogP contribution in [0.4, 0.5) is 4.39 Å². The van der Waals surface area contributed by atoms with Gasteiger partial charge in [-0.3, -0.25) is 4.79 Å². The van der Waals surface area contributed by atoms with Crippen molar-refractivity contribution in [2.24, 2.45) is 5.14 Å². The van der Waals surface area contributed by atoms with Crippen LogP contribution >= 0.6 is 0 Å². The Morgan fingerprint density at radius 3 is 2.67 bits per heavy atom. The van der Waals surface area contributed by atoms with Crippen LogP contribution in [0.1, 0.15) is 29.3 Å². The minimum Gasteiger partial charge on any atom is -0.379 e. The predicted molar refractivity (Wildman–Crippen MR) is 73.8 cm³/mol. The number of carbonyl (C=O) groups is 1. The molecule has 2 rings (SSSR count). The van der Waals surface area contributed by atoms with Gasteiger partial charge in [0, 0.05) is 12.2 Å². The van der Waals surface area contributed by atoms with Crippen LogP contribution in [0.5, 0.6) is 0 Å². The molecule has 1 heterocycles. The maximum absolute atomic E-state index is 13.8. The van der Waals surface area contributed by atoms with Crippen LogP contribution < -0.4 is 10.5 Å². The van der Waals surface area contributed by atoms with Gasteiger partial charge in [-0.25, -0.2) is 17.9 Å².